The number of piperazine rings is 1. The van der Waals surface area contributed by atoms with E-state index >= 15 is 0 Å². The van der Waals surface area contributed by atoms with Crippen LogP contribution in [0.5, 0.6) is 0 Å². The average molecular weight is 282 g/mol. The van der Waals surface area contributed by atoms with Crippen LogP contribution in [0.25, 0.3) is 0 Å². The van der Waals surface area contributed by atoms with Gasteiger partial charge in [-0.2, -0.15) is 0 Å². The topological polar surface area (TPSA) is 45.4 Å². The molecule has 0 bridgehead atoms. The van der Waals surface area contributed by atoms with Gasteiger partial charge in [0.15, 0.2) is 0 Å². The van der Waals surface area contributed by atoms with E-state index in [9.17, 15) is 0 Å². The predicted molar refractivity (Wildman–Crippen MR) is 87.4 cm³/mol. The number of benzene rings is 1. The molecule has 0 radical (unpaired) electrons. The van der Waals surface area contributed by atoms with E-state index in [1.54, 1.807) is 0 Å². The second-order valence-corrected chi connectivity index (χ2v) is 5.53. The summed E-state index contributed by atoms with van der Waals surface area (Å²) in [6, 6.07) is 12.4. The van der Waals surface area contributed by atoms with Gasteiger partial charge in [0.2, 0.25) is 0 Å². The molecule has 1 aliphatic heterocycles. The van der Waals surface area contributed by atoms with Crippen molar-refractivity contribution in [1.29, 1.82) is 0 Å². The number of aromatic nitrogens is 1. The lowest BCUT2D eigenvalue weighted by Crippen LogP contribution is -2.47. The number of hydrogen-bond donors (Lipinski definition) is 1. The van der Waals surface area contributed by atoms with Gasteiger partial charge in [-0.15, -0.1) is 0 Å². The van der Waals surface area contributed by atoms with Gasteiger partial charge in [0.25, 0.3) is 0 Å². The number of pyridine rings is 1. The summed E-state index contributed by atoms with van der Waals surface area (Å²) in [4.78, 5) is 9.01. The molecule has 0 amide bonds. The van der Waals surface area contributed by atoms with E-state index in [0.717, 1.165) is 44.8 Å². The first-order valence-electron chi connectivity index (χ1n) is 7.53. The molecule has 0 saturated carbocycles. The van der Waals surface area contributed by atoms with Crippen LogP contribution in [0, 0.1) is 0 Å². The highest BCUT2D eigenvalue weighted by Gasteiger charge is 2.16. The van der Waals surface area contributed by atoms with Crippen LogP contribution in [0.2, 0.25) is 0 Å². The van der Waals surface area contributed by atoms with Crippen molar-refractivity contribution in [2.75, 3.05) is 43.4 Å². The predicted octanol–water partition coefficient (Wildman–Crippen LogP) is 2.03. The fourth-order valence-electron chi connectivity index (χ4n) is 2.79. The second kappa shape index (κ2) is 6.59. The SMILES string of the molecule is Nc1cccc(N2CCN(CCc3ccncc3)CC2)c1. The van der Waals surface area contributed by atoms with Crippen LogP contribution in [-0.4, -0.2) is 42.6 Å². The second-order valence-electron chi connectivity index (χ2n) is 5.53. The van der Waals surface area contributed by atoms with E-state index in [-0.39, 0.29) is 0 Å². The van der Waals surface area contributed by atoms with Crippen LogP contribution in [0.3, 0.4) is 0 Å². The summed E-state index contributed by atoms with van der Waals surface area (Å²) < 4.78 is 0. The van der Waals surface area contributed by atoms with Crippen molar-refractivity contribution in [2.24, 2.45) is 0 Å². The van der Waals surface area contributed by atoms with Gasteiger partial charge in [0.1, 0.15) is 0 Å². The van der Waals surface area contributed by atoms with Crippen molar-refractivity contribution < 1.29 is 0 Å². The molecule has 0 unspecified atom stereocenters. The molecule has 2 aromatic rings. The van der Waals surface area contributed by atoms with Gasteiger partial charge in [-0.25, -0.2) is 0 Å². The standard InChI is InChI=1S/C17H22N4/c18-16-2-1-3-17(14-16)21-12-10-20(11-13-21)9-6-15-4-7-19-8-5-15/h1-5,7-8,14H,6,9-13,18H2. The molecule has 1 fully saturated rings. The lowest BCUT2D eigenvalue weighted by atomic mass is 10.1. The number of nitrogens with zero attached hydrogens (tertiary/aromatic N) is 3. The third kappa shape index (κ3) is 3.73. The molecule has 1 aromatic carbocycles. The van der Waals surface area contributed by atoms with Gasteiger partial charge in [-0.05, 0) is 42.3 Å². The Labute approximate surface area is 126 Å². The highest BCUT2D eigenvalue weighted by molar-refractivity contribution is 5.56. The van der Waals surface area contributed by atoms with E-state index < -0.39 is 0 Å². The molecule has 110 valence electrons. The third-order valence-corrected chi connectivity index (χ3v) is 4.07. The summed E-state index contributed by atoms with van der Waals surface area (Å²) >= 11 is 0. The van der Waals surface area contributed by atoms with E-state index in [1.165, 1.54) is 11.3 Å². The first-order valence-corrected chi connectivity index (χ1v) is 7.53. The van der Waals surface area contributed by atoms with Gasteiger partial charge >= 0.3 is 0 Å². The fraction of sp³-hybridized carbons (Fsp3) is 0.353. The maximum Gasteiger partial charge on any atom is 0.0387 e. The molecule has 1 aliphatic rings. The molecule has 2 heterocycles. The Kier molecular flexibility index (Phi) is 4.36. The summed E-state index contributed by atoms with van der Waals surface area (Å²) in [5, 5.41) is 0. The molecular weight excluding hydrogens is 260 g/mol. The monoisotopic (exact) mass is 282 g/mol. The average Bonchev–Trinajstić information content (AvgIpc) is 2.54. The van der Waals surface area contributed by atoms with Crippen LogP contribution in [-0.2, 0) is 6.42 Å². The summed E-state index contributed by atoms with van der Waals surface area (Å²) in [6.45, 7) is 5.48. The van der Waals surface area contributed by atoms with Crippen molar-refractivity contribution in [3.63, 3.8) is 0 Å². The van der Waals surface area contributed by atoms with Gasteiger partial charge in [-0.3, -0.25) is 9.88 Å². The zero-order chi connectivity index (χ0) is 14.5. The summed E-state index contributed by atoms with van der Waals surface area (Å²) in [7, 11) is 0. The van der Waals surface area contributed by atoms with Gasteiger partial charge in [0.05, 0.1) is 0 Å². The number of nitrogens with two attached hydrogens (primary N) is 1. The Morgan fingerprint density at radius 3 is 2.48 bits per heavy atom. The number of hydrogen-bond acceptors (Lipinski definition) is 4. The largest absolute Gasteiger partial charge is 0.399 e. The van der Waals surface area contributed by atoms with E-state index in [0.29, 0.717) is 0 Å². The lowest BCUT2D eigenvalue weighted by Gasteiger charge is -2.36. The maximum absolute atomic E-state index is 5.86. The minimum absolute atomic E-state index is 0.840. The lowest BCUT2D eigenvalue weighted by molar-refractivity contribution is 0.261. The van der Waals surface area contributed by atoms with Crippen molar-refractivity contribution in [2.45, 2.75) is 6.42 Å². The summed E-state index contributed by atoms with van der Waals surface area (Å²) in [5.74, 6) is 0. The molecule has 3 rings (SSSR count). The maximum atomic E-state index is 5.86. The molecule has 4 nitrogen and oxygen atoms in total. The Morgan fingerprint density at radius 2 is 1.76 bits per heavy atom. The quantitative estimate of drug-likeness (QED) is 0.872. The van der Waals surface area contributed by atoms with Gasteiger partial charge in [-0.1, -0.05) is 6.07 Å². The summed E-state index contributed by atoms with van der Waals surface area (Å²) in [5.41, 5.74) is 9.31. The molecule has 0 spiro atoms. The molecule has 0 aliphatic carbocycles. The van der Waals surface area contributed by atoms with Gasteiger partial charge in [0, 0.05) is 56.5 Å². The van der Waals surface area contributed by atoms with Crippen molar-refractivity contribution in [1.82, 2.24) is 9.88 Å². The minimum Gasteiger partial charge on any atom is -0.399 e. The van der Waals surface area contributed by atoms with Crippen LogP contribution < -0.4 is 10.6 Å². The number of rotatable bonds is 4. The van der Waals surface area contributed by atoms with Crippen molar-refractivity contribution in [3.8, 4) is 0 Å². The van der Waals surface area contributed by atoms with Crippen LogP contribution >= 0.6 is 0 Å². The highest BCUT2D eigenvalue weighted by Crippen LogP contribution is 2.19. The van der Waals surface area contributed by atoms with Crippen molar-refractivity contribution in [3.05, 3.63) is 54.4 Å². The van der Waals surface area contributed by atoms with E-state index in [2.05, 4.69) is 39.0 Å². The Morgan fingerprint density at radius 1 is 1.00 bits per heavy atom. The molecule has 1 saturated heterocycles. The Bertz CT molecular complexity index is 562. The van der Waals surface area contributed by atoms with Crippen LogP contribution in [0.1, 0.15) is 5.56 Å². The summed E-state index contributed by atoms with van der Waals surface area (Å²) in [6.07, 6.45) is 4.83. The van der Waals surface area contributed by atoms with Crippen LogP contribution in [0.4, 0.5) is 11.4 Å². The first kappa shape index (κ1) is 13.9. The third-order valence-electron chi connectivity index (χ3n) is 4.07. The van der Waals surface area contributed by atoms with E-state index in [1.807, 2.05) is 24.5 Å². The Hall–Kier alpha value is -2.07. The zero-order valence-corrected chi connectivity index (χ0v) is 12.3. The smallest absolute Gasteiger partial charge is 0.0387 e. The highest BCUT2D eigenvalue weighted by atomic mass is 15.3. The molecule has 4 heteroatoms. The zero-order valence-electron chi connectivity index (χ0n) is 12.3. The molecule has 1 aromatic heterocycles. The van der Waals surface area contributed by atoms with E-state index in [4.69, 9.17) is 5.73 Å². The molecular formula is C17H22N4. The molecule has 0 atom stereocenters. The minimum atomic E-state index is 0.840. The molecule has 2 N–H and O–H groups in total. The van der Waals surface area contributed by atoms with Crippen molar-refractivity contribution >= 4 is 11.4 Å². The van der Waals surface area contributed by atoms with Gasteiger partial charge < -0.3 is 10.6 Å². The number of nitrogen functional groups attached to an aromatic ring is 1. The normalized spacial score (nSPS) is 16.1. The number of anilines is 2. The Balaban J connectivity index is 1.49. The van der Waals surface area contributed by atoms with Crippen LogP contribution in [0.15, 0.2) is 48.8 Å². The molecule has 21 heavy (non-hydrogen) atoms. The fourth-order valence-corrected chi connectivity index (χ4v) is 2.79. The first-order chi connectivity index (χ1) is 10.3.